The Bertz CT molecular complexity index is 640. The standard InChI is InChI=1S/C16H17BrN2O/c1-10-5-3-4-6-13(10)11(2)19-16(20)14-9-12(17)7-8-15(14)18/h3-9,11H,18H2,1-2H3,(H,19,20). The topological polar surface area (TPSA) is 55.1 Å². The zero-order valence-electron chi connectivity index (χ0n) is 11.5. The minimum absolute atomic E-state index is 0.0675. The van der Waals surface area contributed by atoms with Crippen LogP contribution in [-0.4, -0.2) is 5.91 Å². The highest BCUT2D eigenvalue weighted by molar-refractivity contribution is 9.10. The van der Waals surface area contributed by atoms with E-state index in [1.165, 1.54) is 0 Å². The molecular weight excluding hydrogens is 316 g/mol. The number of halogens is 1. The maximum Gasteiger partial charge on any atom is 0.253 e. The lowest BCUT2D eigenvalue weighted by Crippen LogP contribution is -2.27. The van der Waals surface area contributed by atoms with E-state index >= 15 is 0 Å². The van der Waals surface area contributed by atoms with Crippen molar-refractivity contribution in [3.05, 3.63) is 63.6 Å². The third-order valence-corrected chi connectivity index (χ3v) is 3.76. The van der Waals surface area contributed by atoms with Crippen molar-refractivity contribution in [1.82, 2.24) is 5.32 Å². The molecule has 0 radical (unpaired) electrons. The molecular formula is C16H17BrN2O. The summed E-state index contributed by atoms with van der Waals surface area (Å²) in [5.74, 6) is -0.167. The van der Waals surface area contributed by atoms with Crippen molar-refractivity contribution < 1.29 is 4.79 Å². The molecule has 2 aromatic rings. The number of nitrogens with two attached hydrogens (primary N) is 1. The van der Waals surface area contributed by atoms with Crippen LogP contribution in [0.3, 0.4) is 0 Å². The molecule has 3 N–H and O–H groups in total. The van der Waals surface area contributed by atoms with Gasteiger partial charge in [0, 0.05) is 10.2 Å². The Hall–Kier alpha value is -1.81. The number of hydrogen-bond acceptors (Lipinski definition) is 2. The van der Waals surface area contributed by atoms with Gasteiger partial charge in [-0.3, -0.25) is 4.79 Å². The van der Waals surface area contributed by atoms with E-state index in [4.69, 9.17) is 5.73 Å². The van der Waals surface area contributed by atoms with E-state index in [-0.39, 0.29) is 11.9 Å². The van der Waals surface area contributed by atoms with Crippen LogP contribution in [0.15, 0.2) is 46.9 Å². The van der Waals surface area contributed by atoms with Crippen LogP contribution in [-0.2, 0) is 0 Å². The van der Waals surface area contributed by atoms with Gasteiger partial charge in [-0.2, -0.15) is 0 Å². The molecule has 0 fully saturated rings. The largest absolute Gasteiger partial charge is 0.398 e. The zero-order chi connectivity index (χ0) is 14.7. The van der Waals surface area contributed by atoms with E-state index in [9.17, 15) is 4.79 Å². The minimum Gasteiger partial charge on any atom is -0.398 e. The van der Waals surface area contributed by atoms with E-state index in [0.29, 0.717) is 11.3 Å². The quantitative estimate of drug-likeness (QED) is 0.839. The molecule has 0 saturated heterocycles. The smallest absolute Gasteiger partial charge is 0.253 e. The van der Waals surface area contributed by atoms with Crippen LogP contribution < -0.4 is 11.1 Å². The fraction of sp³-hybridized carbons (Fsp3) is 0.188. The number of amides is 1. The Balaban J connectivity index is 2.20. The SMILES string of the molecule is Cc1ccccc1C(C)NC(=O)c1cc(Br)ccc1N. The Morgan fingerprint density at radius 3 is 2.65 bits per heavy atom. The molecule has 0 aliphatic carbocycles. The average molecular weight is 333 g/mol. The molecule has 1 atom stereocenters. The Morgan fingerprint density at radius 1 is 1.25 bits per heavy atom. The molecule has 1 unspecified atom stereocenters. The molecule has 0 saturated carbocycles. The molecule has 2 rings (SSSR count). The fourth-order valence-corrected chi connectivity index (χ4v) is 2.51. The third-order valence-electron chi connectivity index (χ3n) is 3.26. The summed E-state index contributed by atoms with van der Waals surface area (Å²) in [5.41, 5.74) is 9.07. The van der Waals surface area contributed by atoms with Crippen molar-refractivity contribution in [1.29, 1.82) is 0 Å². The number of nitrogens with one attached hydrogen (secondary N) is 1. The minimum atomic E-state index is -0.167. The van der Waals surface area contributed by atoms with Gasteiger partial charge < -0.3 is 11.1 Å². The number of benzene rings is 2. The van der Waals surface area contributed by atoms with Gasteiger partial charge in [0.25, 0.3) is 5.91 Å². The first-order valence-corrected chi connectivity index (χ1v) is 7.19. The summed E-state index contributed by atoms with van der Waals surface area (Å²) in [7, 11) is 0. The lowest BCUT2D eigenvalue weighted by molar-refractivity contribution is 0.0940. The monoisotopic (exact) mass is 332 g/mol. The first kappa shape index (κ1) is 14.6. The summed E-state index contributed by atoms with van der Waals surface area (Å²) < 4.78 is 0.834. The molecule has 104 valence electrons. The number of carbonyl (C=O) groups excluding carboxylic acids is 1. The van der Waals surface area contributed by atoms with Gasteiger partial charge in [-0.15, -0.1) is 0 Å². The van der Waals surface area contributed by atoms with E-state index in [2.05, 4.69) is 21.2 Å². The molecule has 0 aliphatic rings. The second-order valence-corrected chi connectivity index (χ2v) is 5.70. The number of aryl methyl sites for hydroxylation is 1. The van der Waals surface area contributed by atoms with Gasteiger partial charge >= 0.3 is 0 Å². The first-order valence-electron chi connectivity index (χ1n) is 6.40. The number of nitrogen functional groups attached to an aromatic ring is 1. The molecule has 0 aromatic heterocycles. The summed E-state index contributed by atoms with van der Waals surface area (Å²) in [4.78, 5) is 12.3. The zero-order valence-corrected chi connectivity index (χ0v) is 13.1. The predicted molar refractivity (Wildman–Crippen MR) is 85.6 cm³/mol. The molecule has 20 heavy (non-hydrogen) atoms. The molecule has 1 amide bonds. The fourth-order valence-electron chi connectivity index (χ4n) is 2.15. The summed E-state index contributed by atoms with van der Waals surface area (Å²) >= 11 is 3.35. The van der Waals surface area contributed by atoms with E-state index < -0.39 is 0 Å². The lowest BCUT2D eigenvalue weighted by atomic mass is 10.0. The van der Waals surface area contributed by atoms with Crippen molar-refractivity contribution in [2.24, 2.45) is 0 Å². The van der Waals surface area contributed by atoms with E-state index in [1.54, 1.807) is 12.1 Å². The van der Waals surface area contributed by atoms with Gasteiger partial charge in [0.15, 0.2) is 0 Å². The van der Waals surface area contributed by atoms with Crippen molar-refractivity contribution in [3.63, 3.8) is 0 Å². The van der Waals surface area contributed by atoms with Crippen molar-refractivity contribution >= 4 is 27.5 Å². The maximum absolute atomic E-state index is 12.3. The first-order chi connectivity index (χ1) is 9.49. The van der Waals surface area contributed by atoms with Gasteiger partial charge in [-0.05, 0) is 43.2 Å². The van der Waals surface area contributed by atoms with Crippen LogP contribution in [0.1, 0.15) is 34.5 Å². The van der Waals surface area contributed by atoms with Crippen LogP contribution in [0.2, 0.25) is 0 Å². The molecule has 0 aliphatic heterocycles. The molecule has 0 bridgehead atoms. The molecule has 0 spiro atoms. The van der Waals surface area contributed by atoms with Gasteiger partial charge in [0.2, 0.25) is 0 Å². The van der Waals surface area contributed by atoms with Gasteiger partial charge in [-0.1, -0.05) is 40.2 Å². The summed E-state index contributed by atoms with van der Waals surface area (Å²) in [6, 6.07) is 13.2. The van der Waals surface area contributed by atoms with Gasteiger partial charge in [0.05, 0.1) is 11.6 Å². The average Bonchev–Trinajstić information content (AvgIpc) is 2.41. The molecule has 3 nitrogen and oxygen atoms in total. The number of carbonyl (C=O) groups is 1. The molecule has 4 heteroatoms. The highest BCUT2D eigenvalue weighted by Gasteiger charge is 2.15. The Morgan fingerprint density at radius 2 is 1.95 bits per heavy atom. The Labute approximate surface area is 127 Å². The highest BCUT2D eigenvalue weighted by atomic mass is 79.9. The van der Waals surface area contributed by atoms with E-state index in [0.717, 1.165) is 15.6 Å². The molecule has 2 aromatic carbocycles. The lowest BCUT2D eigenvalue weighted by Gasteiger charge is -2.17. The number of anilines is 1. The van der Waals surface area contributed by atoms with Gasteiger partial charge in [-0.25, -0.2) is 0 Å². The Kier molecular flexibility index (Phi) is 4.45. The van der Waals surface area contributed by atoms with Crippen LogP contribution in [0, 0.1) is 6.92 Å². The summed E-state index contributed by atoms with van der Waals surface area (Å²) in [6.45, 7) is 4.00. The predicted octanol–water partition coefficient (Wildman–Crippen LogP) is 3.83. The summed E-state index contributed by atoms with van der Waals surface area (Å²) in [5, 5.41) is 2.98. The van der Waals surface area contributed by atoms with Gasteiger partial charge in [0.1, 0.15) is 0 Å². The van der Waals surface area contributed by atoms with Crippen LogP contribution in [0.5, 0.6) is 0 Å². The second-order valence-electron chi connectivity index (χ2n) is 4.78. The van der Waals surface area contributed by atoms with Crippen LogP contribution in [0.4, 0.5) is 5.69 Å². The van der Waals surface area contributed by atoms with Crippen molar-refractivity contribution in [2.75, 3.05) is 5.73 Å². The van der Waals surface area contributed by atoms with Crippen LogP contribution >= 0.6 is 15.9 Å². The van der Waals surface area contributed by atoms with Crippen LogP contribution in [0.25, 0.3) is 0 Å². The maximum atomic E-state index is 12.3. The number of rotatable bonds is 3. The van der Waals surface area contributed by atoms with Crippen molar-refractivity contribution in [2.45, 2.75) is 19.9 Å². The third kappa shape index (κ3) is 3.20. The van der Waals surface area contributed by atoms with E-state index in [1.807, 2.05) is 44.2 Å². The molecule has 0 heterocycles. The normalized spacial score (nSPS) is 11.9. The number of hydrogen-bond donors (Lipinski definition) is 2. The summed E-state index contributed by atoms with van der Waals surface area (Å²) in [6.07, 6.45) is 0. The highest BCUT2D eigenvalue weighted by Crippen LogP contribution is 2.21. The second kappa shape index (κ2) is 6.09. The van der Waals surface area contributed by atoms with Crippen molar-refractivity contribution in [3.8, 4) is 0 Å².